The first-order valence-electron chi connectivity index (χ1n) is 9.54. The maximum Gasteiger partial charge on any atom is 0.416 e. The minimum absolute atomic E-state index is 0.378. The van der Waals surface area contributed by atoms with Crippen molar-refractivity contribution in [3.63, 3.8) is 0 Å². The number of fused-ring (bicyclic) bond motifs is 1. The van der Waals surface area contributed by atoms with Crippen LogP contribution in [0.1, 0.15) is 27.0 Å². The van der Waals surface area contributed by atoms with Crippen LogP contribution in [0, 0.1) is 6.92 Å². The molecule has 0 bridgehead atoms. The van der Waals surface area contributed by atoms with E-state index in [1.807, 2.05) is 19.0 Å². The molecule has 1 amide bonds. The number of esters is 1. The molecule has 6 nitrogen and oxygen atoms in total. The van der Waals surface area contributed by atoms with Crippen molar-refractivity contribution >= 4 is 29.0 Å². The van der Waals surface area contributed by atoms with Gasteiger partial charge in [0, 0.05) is 23.8 Å². The standard InChI is InChI=1S/C12H10N2O3.C11H14F3N/c1-17-12(16)9-4-8-5-10(14-7-15)2-3-11(8)13-6-9;1-8-4-9(7-15(2)3)6-10(5-8)11(12,13)14/h2-7H,1H3,(H,14,15);4-6H,7H2,1-3H3. The molecule has 0 aliphatic heterocycles. The number of aryl methyl sites for hydroxylation is 1. The van der Waals surface area contributed by atoms with E-state index in [-0.39, 0.29) is 0 Å². The molecule has 2 aromatic carbocycles. The fraction of sp³-hybridized carbons (Fsp3) is 0.261. The van der Waals surface area contributed by atoms with Gasteiger partial charge in [-0.05, 0) is 63.0 Å². The first-order chi connectivity index (χ1) is 15.0. The molecule has 3 rings (SSSR count). The van der Waals surface area contributed by atoms with E-state index in [0.717, 1.165) is 10.9 Å². The van der Waals surface area contributed by atoms with Crippen LogP contribution in [-0.2, 0) is 22.3 Å². The lowest BCUT2D eigenvalue weighted by Gasteiger charge is -2.13. The molecular weight excluding hydrogens is 423 g/mol. The molecule has 9 heteroatoms. The summed E-state index contributed by atoms with van der Waals surface area (Å²) in [6.07, 6.45) is -2.20. The molecule has 0 spiro atoms. The van der Waals surface area contributed by atoms with E-state index in [1.165, 1.54) is 25.4 Å². The summed E-state index contributed by atoms with van der Waals surface area (Å²) in [4.78, 5) is 27.6. The van der Waals surface area contributed by atoms with Gasteiger partial charge in [-0.3, -0.25) is 9.78 Å². The Balaban J connectivity index is 0.000000229. The SMILES string of the molecule is COC(=O)c1cnc2ccc(NC=O)cc2c1.Cc1cc(CN(C)C)cc(C(F)(F)F)c1. The number of amides is 1. The Morgan fingerprint density at radius 1 is 1.16 bits per heavy atom. The Morgan fingerprint density at radius 2 is 1.88 bits per heavy atom. The molecule has 32 heavy (non-hydrogen) atoms. The lowest BCUT2D eigenvalue weighted by atomic mass is 10.1. The summed E-state index contributed by atoms with van der Waals surface area (Å²) in [6.45, 7) is 2.19. The van der Waals surface area contributed by atoms with Crippen molar-refractivity contribution in [3.05, 3.63) is 70.9 Å². The zero-order chi connectivity index (χ0) is 23.9. The van der Waals surface area contributed by atoms with E-state index in [4.69, 9.17) is 0 Å². The second-order valence-corrected chi connectivity index (χ2v) is 7.33. The molecule has 0 atom stereocenters. The molecule has 0 unspecified atom stereocenters. The van der Waals surface area contributed by atoms with Gasteiger partial charge in [0.15, 0.2) is 0 Å². The zero-order valence-corrected chi connectivity index (χ0v) is 18.2. The number of hydrogen-bond acceptors (Lipinski definition) is 5. The summed E-state index contributed by atoms with van der Waals surface area (Å²) in [7, 11) is 4.97. The third-order valence-electron chi connectivity index (χ3n) is 4.29. The van der Waals surface area contributed by atoms with Crippen LogP contribution < -0.4 is 5.32 Å². The lowest BCUT2D eigenvalue weighted by molar-refractivity contribution is -0.137. The summed E-state index contributed by atoms with van der Waals surface area (Å²) in [5.74, 6) is -0.437. The highest BCUT2D eigenvalue weighted by Gasteiger charge is 2.30. The number of alkyl halides is 3. The van der Waals surface area contributed by atoms with E-state index in [1.54, 1.807) is 37.3 Å². The number of aromatic nitrogens is 1. The van der Waals surface area contributed by atoms with Gasteiger partial charge in [-0.1, -0.05) is 11.6 Å². The van der Waals surface area contributed by atoms with Crippen LogP contribution in [0.3, 0.4) is 0 Å². The van der Waals surface area contributed by atoms with Gasteiger partial charge in [0.05, 0.1) is 23.8 Å². The van der Waals surface area contributed by atoms with Crippen LogP contribution in [0.2, 0.25) is 0 Å². The molecule has 1 heterocycles. The summed E-state index contributed by atoms with van der Waals surface area (Å²) >= 11 is 0. The zero-order valence-electron chi connectivity index (χ0n) is 18.2. The predicted molar refractivity (Wildman–Crippen MR) is 116 cm³/mol. The largest absolute Gasteiger partial charge is 0.465 e. The quantitative estimate of drug-likeness (QED) is 0.455. The molecule has 1 N–H and O–H groups in total. The smallest absolute Gasteiger partial charge is 0.416 e. The van der Waals surface area contributed by atoms with E-state index in [9.17, 15) is 22.8 Å². The van der Waals surface area contributed by atoms with Crippen molar-refractivity contribution < 1.29 is 27.5 Å². The molecule has 3 aromatic rings. The number of nitrogens with zero attached hydrogens (tertiary/aromatic N) is 2. The Bertz CT molecular complexity index is 1100. The van der Waals surface area contributed by atoms with Gasteiger partial charge >= 0.3 is 12.1 Å². The number of halogens is 3. The second kappa shape index (κ2) is 10.7. The molecule has 0 radical (unpaired) electrons. The average Bonchev–Trinajstić information content (AvgIpc) is 2.72. The number of nitrogens with one attached hydrogen (secondary N) is 1. The Morgan fingerprint density at radius 3 is 2.47 bits per heavy atom. The van der Waals surface area contributed by atoms with Crippen molar-refractivity contribution in [3.8, 4) is 0 Å². The van der Waals surface area contributed by atoms with Gasteiger partial charge in [-0.25, -0.2) is 4.79 Å². The molecule has 0 aliphatic carbocycles. The Hall–Kier alpha value is -3.46. The molecular formula is C23H24F3N3O3. The number of carbonyl (C=O) groups is 2. The third kappa shape index (κ3) is 7.05. The van der Waals surface area contributed by atoms with Crippen LogP contribution in [0.25, 0.3) is 10.9 Å². The monoisotopic (exact) mass is 447 g/mol. The van der Waals surface area contributed by atoms with E-state index < -0.39 is 17.7 Å². The number of pyridine rings is 1. The van der Waals surface area contributed by atoms with Gasteiger partial charge in [0.25, 0.3) is 0 Å². The molecule has 0 saturated heterocycles. The van der Waals surface area contributed by atoms with Crippen molar-refractivity contribution in [2.24, 2.45) is 0 Å². The fourth-order valence-corrected chi connectivity index (χ4v) is 3.00. The lowest BCUT2D eigenvalue weighted by Crippen LogP contribution is -2.12. The highest BCUT2D eigenvalue weighted by atomic mass is 19.4. The number of rotatable bonds is 5. The topological polar surface area (TPSA) is 71.5 Å². The van der Waals surface area contributed by atoms with Gasteiger partial charge in [-0.2, -0.15) is 13.2 Å². The number of ether oxygens (including phenoxy) is 1. The maximum atomic E-state index is 12.5. The summed E-state index contributed by atoms with van der Waals surface area (Å²) in [6, 6.07) is 11.1. The van der Waals surface area contributed by atoms with Gasteiger partial charge in [-0.15, -0.1) is 0 Å². The first-order valence-corrected chi connectivity index (χ1v) is 9.54. The molecule has 0 fully saturated rings. The van der Waals surface area contributed by atoms with E-state index >= 15 is 0 Å². The van der Waals surface area contributed by atoms with Crippen molar-refractivity contribution in [2.45, 2.75) is 19.6 Å². The number of carbonyl (C=O) groups excluding carboxylic acids is 2. The van der Waals surface area contributed by atoms with E-state index in [0.29, 0.717) is 35.3 Å². The first kappa shape index (κ1) is 24.8. The molecule has 0 saturated carbocycles. The molecule has 170 valence electrons. The van der Waals surface area contributed by atoms with Crippen molar-refractivity contribution in [1.82, 2.24) is 9.88 Å². The molecule has 1 aromatic heterocycles. The fourth-order valence-electron chi connectivity index (χ4n) is 3.00. The molecule has 0 aliphatic rings. The Kier molecular flexibility index (Phi) is 8.31. The average molecular weight is 447 g/mol. The normalized spacial score (nSPS) is 11.0. The number of benzene rings is 2. The number of hydrogen-bond donors (Lipinski definition) is 1. The van der Waals surface area contributed by atoms with E-state index in [2.05, 4.69) is 15.0 Å². The van der Waals surface area contributed by atoms with Crippen LogP contribution in [0.4, 0.5) is 18.9 Å². The Labute approximate surface area is 184 Å². The summed E-state index contributed by atoms with van der Waals surface area (Å²) in [5, 5.41) is 3.30. The minimum Gasteiger partial charge on any atom is -0.465 e. The highest BCUT2D eigenvalue weighted by Crippen LogP contribution is 2.30. The van der Waals surface area contributed by atoms with Crippen LogP contribution >= 0.6 is 0 Å². The van der Waals surface area contributed by atoms with Crippen LogP contribution in [-0.4, -0.2) is 43.5 Å². The highest BCUT2D eigenvalue weighted by molar-refractivity contribution is 5.94. The van der Waals surface area contributed by atoms with Crippen molar-refractivity contribution in [1.29, 1.82) is 0 Å². The second-order valence-electron chi connectivity index (χ2n) is 7.33. The minimum atomic E-state index is -4.26. The van der Waals surface area contributed by atoms with Gasteiger partial charge in [0.2, 0.25) is 6.41 Å². The van der Waals surface area contributed by atoms with Gasteiger partial charge in [0.1, 0.15) is 0 Å². The van der Waals surface area contributed by atoms with Gasteiger partial charge < -0.3 is 15.0 Å². The predicted octanol–water partition coefficient (Wildman–Crippen LogP) is 4.67. The third-order valence-corrected chi connectivity index (χ3v) is 4.29. The van der Waals surface area contributed by atoms with Crippen LogP contribution in [0.5, 0.6) is 0 Å². The number of anilines is 1. The maximum absolute atomic E-state index is 12.5. The van der Waals surface area contributed by atoms with Crippen LogP contribution in [0.15, 0.2) is 48.7 Å². The number of methoxy groups -OCH3 is 1. The van der Waals surface area contributed by atoms with Crippen molar-refractivity contribution in [2.75, 3.05) is 26.5 Å². The summed E-state index contributed by atoms with van der Waals surface area (Å²) < 4.78 is 42.0. The summed E-state index contributed by atoms with van der Waals surface area (Å²) in [5.41, 5.74) is 2.53.